The van der Waals surface area contributed by atoms with Gasteiger partial charge in [0, 0.05) is 18.1 Å². The molecule has 0 bridgehead atoms. The zero-order valence-electron chi connectivity index (χ0n) is 13.9. The molecular weight excluding hydrogens is 436 g/mol. The van der Waals surface area contributed by atoms with Gasteiger partial charge >= 0.3 is 0 Å². The number of rotatable bonds is 4. The Bertz CT molecular complexity index is 755. The molecule has 134 valence electrons. The third-order valence-corrected chi connectivity index (χ3v) is 3.88. The number of guanidine groups is 1. The van der Waals surface area contributed by atoms with Crippen LogP contribution in [0.1, 0.15) is 23.6 Å². The number of aliphatic imine (C=N–C) groups is 1. The van der Waals surface area contributed by atoms with E-state index in [9.17, 15) is 4.39 Å². The minimum absolute atomic E-state index is 0. The molecule has 0 amide bonds. The Hall–Kier alpha value is -2.03. The van der Waals surface area contributed by atoms with Gasteiger partial charge in [0.2, 0.25) is 0 Å². The van der Waals surface area contributed by atoms with Gasteiger partial charge < -0.3 is 20.5 Å². The number of nitrogens with two attached hydrogens (primary N) is 1. The van der Waals surface area contributed by atoms with E-state index >= 15 is 0 Å². The third-order valence-electron chi connectivity index (χ3n) is 3.88. The van der Waals surface area contributed by atoms with Gasteiger partial charge in [-0.15, -0.1) is 24.0 Å². The first kappa shape index (κ1) is 19.3. The molecule has 1 aliphatic heterocycles. The standard InChI is InChI=1S/C18H20FN3O2.HI/c1-23-14-9-12(8-13(19)10-14)11-21-18(20)22-16-6-7-24-17-5-3-2-4-15(16)17;/h2-5,8-10,16H,6-7,11H2,1H3,(H3,20,21,22);1H. The van der Waals surface area contributed by atoms with E-state index in [-0.39, 0.29) is 42.4 Å². The average molecular weight is 457 g/mol. The Kier molecular flexibility index (Phi) is 6.86. The van der Waals surface area contributed by atoms with Gasteiger partial charge in [0.25, 0.3) is 0 Å². The summed E-state index contributed by atoms with van der Waals surface area (Å²) in [6, 6.07) is 12.4. The molecule has 0 spiro atoms. The second-order valence-corrected chi connectivity index (χ2v) is 5.57. The van der Waals surface area contributed by atoms with E-state index in [1.807, 2.05) is 24.3 Å². The molecule has 5 nitrogen and oxygen atoms in total. The minimum atomic E-state index is -0.357. The van der Waals surface area contributed by atoms with Crippen molar-refractivity contribution in [3.8, 4) is 11.5 Å². The number of benzene rings is 2. The van der Waals surface area contributed by atoms with Crippen molar-refractivity contribution in [2.24, 2.45) is 10.7 Å². The lowest BCUT2D eigenvalue weighted by molar-refractivity contribution is 0.262. The molecule has 1 unspecified atom stereocenters. The minimum Gasteiger partial charge on any atom is -0.497 e. The van der Waals surface area contributed by atoms with Crippen LogP contribution in [-0.4, -0.2) is 19.7 Å². The first-order valence-corrected chi connectivity index (χ1v) is 7.77. The van der Waals surface area contributed by atoms with Crippen molar-refractivity contribution in [3.05, 3.63) is 59.4 Å². The van der Waals surface area contributed by atoms with E-state index in [1.165, 1.54) is 19.2 Å². The largest absolute Gasteiger partial charge is 0.497 e. The van der Waals surface area contributed by atoms with Crippen molar-refractivity contribution in [2.45, 2.75) is 19.0 Å². The highest BCUT2D eigenvalue weighted by molar-refractivity contribution is 14.0. The van der Waals surface area contributed by atoms with Crippen LogP contribution in [0.5, 0.6) is 11.5 Å². The van der Waals surface area contributed by atoms with Crippen LogP contribution in [0.25, 0.3) is 0 Å². The molecule has 0 saturated heterocycles. The molecular formula is C18H21FIN3O2. The zero-order valence-corrected chi connectivity index (χ0v) is 16.2. The van der Waals surface area contributed by atoms with Gasteiger partial charge in [-0.25, -0.2) is 9.38 Å². The van der Waals surface area contributed by atoms with Crippen molar-refractivity contribution < 1.29 is 13.9 Å². The van der Waals surface area contributed by atoms with Gasteiger partial charge in [-0.05, 0) is 23.8 Å². The molecule has 1 aliphatic rings. The molecule has 2 aromatic rings. The normalized spacial score (nSPS) is 16.2. The molecule has 0 aromatic heterocycles. The van der Waals surface area contributed by atoms with E-state index in [0.717, 1.165) is 17.7 Å². The van der Waals surface area contributed by atoms with Crippen molar-refractivity contribution in [1.29, 1.82) is 0 Å². The third kappa shape index (κ3) is 4.97. The fourth-order valence-corrected chi connectivity index (χ4v) is 2.72. The fraction of sp³-hybridized carbons (Fsp3) is 0.278. The van der Waals surface area contributed by atoms with Crippen molar-refractivity contribution in [2.75, 3.05) is 13.7 Å². The van der Waals surface area contributed by atoms with E-state index in [1.54, 1.807) is 6.07 Å². The number of hydrogen-bond donors (Lipinski definition) is 2. The van der Waals surface area contributed by atoms with Gasteiger partial charge in [-0.2, -0.15) is 0 Å². The van der Waals surface area contributed by atoms with Gasteiger partial charge in [0.15, 0.2) is 5.96 Å². The molecule has 7 heteroatoms. The van der Waals surface area contributed by atoms with Crippen molar-refractivity contribution in [3.63, 3.8) is 0 Å². The SMILES string of the molecule is COc1cc(F)cc(CN=C(N)NC2CCOc3ccccc32)c1.I. The number of para-hydroxylation sites is 1. The van der Waals surface area contributed by atoms with Gasteiger partial charge in [0.05, 0.1) is 26.3 Å². The van der Waals surface area contributed by atoms with Crippen LogP contribution in [0.2, 0.25) is 0 Å². The summed E-state index contributed by atoms with van der Waals surface area (Å²) in [4.78, 5) is 4.30. The molecule has 0 aliphatic carbocycles. The number of nitrogens with zero attached hydrogens (tertiary/aromatic N) is 1. The zero-order chi connectivity index (χ0) is 16.9. The summed E-state index contributed by atoms with van der Waals surface area (Å²) in [6.07, 6.45) is 0.807. The van der Waals surface area contributed by atoms with Crippen LogP contribution >= 0.6 is 24.0 Å². The average Bonchev–Trinajstić information content (AvgIpc) is 2.60. The highest BCUT2D eigenvalue weighted by Gasteiger charge is 2.21. The summed E-state index contributed by atoms with van der Waals surface area (Å²) < 4.78 is 24.2. The second-order valence-electron chi connectivity index (χ2n) is 5.57. The number of ether oxygens (including phenoxy) is 2. The Balaban J connectivity index is 0.00000225. The van der Waals surface area contributed by atoms with Gasteiger partial charge in [0.1, 0.15) is 17.3 Å². The van der Waals surface area contributed by atoms with E-state index in [0.29, 0.717) is 23.9 Å². The number of hydrogen-bond acceptors (Lipinski definition) is 3. The summed E-state index contributed by atoms with van der Waals surface area (Å²) in [5, 5.41) is 3.21. The van der Waals surface area contributed by atoms with Crippen LogP contribution < -0.4 is 20.5 Å². The smallest absolute Gasteiger partial charge is 0.189 e. The molecule has 1 atom stereocenters. The van der Waals surface area contributed by atoms with Crippen LogP contribution in [0, 0.1) is 5.82 Å². The maximum Gasteiger partial charge on any atom is 0.189 e. The van der Waals surface area contributed by atoms with Crippen LogP contribution in [0.3, 0.4) is 0 Å². The molecule has 0 saturated carbocycles. The van der Waals surface area contributed by atoms with E-state index < -0.39 is 0 Å². The Labute approximate surface area is 163 Å². The van der Waals surface area contributed by atoms with E-state index in [4.69, 9.17) is 15.2 Å². The molecule has 1 heterocycles. The Morgan fingerprint density at radius 3 is 2.96 bits per heavy atom. The summed E-state index contributed by atoms with van der Waals surface area (Å²) >= 11 is 0. The predicted molar refractivity (Wildman–Crippen MR) is 106 cm³/mol. The summed E-state index contributed by atoms with van der Waals surface area (Å²) in [5.41, 5.74) is 7.75. The Morgan fingerprint density at radius 1 is 1.36 bits per heavy atom. The summed E-state index contributed by atoms with van der Waals surface area (Å²) in [5.74, 6) is 1.29. The highest BCUT2D eigenvalue weighted by atomic mass is 127. The predicted octanol–water partition coefficient (Wildman–Crippen LogP) is 3.38. The maximum absolute atomic E-state index is 13.5. The first-order chi connectivity index (χ1) is 11.7. The molecule has 3 N–H and O–H groups in total. The topological polar surface area (TPSA) is 68.9 Å². The number of methoxy groups -OCH3 is 1. The maximum atomic E-state index is 13.5. The van der Waals surface area contributed by atoms with Crippen molar-refractivity contribution in [1.82, 2.24) is 5.32 Å². The van der Waals surface area contributed by atoms with Gasteiger partial charge in [-0.1, -0.05) is 18.2 Å². The van der Waals surface area contributed by atoms with E-state index in [2.05, 4.69) is 10.3 Å². The summed E-state index contributed by atoms with van der Waals surface area (Å²) in [7, 11) is 1.50. The number of nitrogens with one attached hydrogen (secondary N) is 1. The first-order valence-electron chi connectivity index (χ1n) is 7.77. The quantitative estimate of drug-likeness (QED) is 0.420. The van der Waals surface area contributed by atoms with Crippen LogP contribution in [0.15, 0.2) is 47.5 Å². The number of fused-ring (bicyclic) bond motifs is 1. The monoisotopic (exact) mass is 457 g/mol. The summed E-state index contributed by atoms with van der Waals surface area (Å²) in [6.45, 7) is 0.904. The second kappa shape index (κ2) is 8.89. The molecule has 2 aromatic carbocycles. The Morgan fingerprint density at radius 2 is 2.16 bits per heavy atom. The lowest BCUT2D eigenvalue weighted by Crippen LogP contribution is -2.37. The lowest BCUT2D eigenvalue weighted by atomic mass is 10.0. The molecule has 0 fully saturated rings. The highest BCUT2D eigenvalue weighted by Crippen LogP contribution is 2.31. The molecule has 0 radical (unpaired) electrons. The lowest BCUT2D eigenvalue weighted by Gasteiger charge is -2.26. The van der Waals surface area contributed by atoms with Crippen molar-refractivity contribution >= 4 is 29.9 Å². The van der Waals surface area contributed by atoms with Crippen LogP contribution in [-0.2, 0) is 6.54 Å². The molecule has 3 rings (SSSR count). The number of halogens is 2. The fourth-order valence-electron chi connectivity index (χ4n) is 2.72. The molecule has 25 heavy (non-hydrogen) atoms. The van der Waals surface area contributed by atoms with Crippen LogP contribution in [0.4, 0.5) is 4.39 Å². The van der Waals surface area contributed by atoms with Gasteiger partial charge in [-0.3, -0.25) is 0 Å².